The minimum absolute atomic E-state index is 0.0108. The Morgan fingerprint density at radius 2 is 1.59 bits per heavy atom. The van der Waals surface area contributed by atoms with Crippen molar-refractivity contribution in [2.24, 2.45) is 0 Å². The van der Waals surface area contributed by atoms with E-state index in [2.05, 4.69) is 0 Å². The van der Waals surface area contributed by atoms with Crippen LogP contribution >= 0.6 is 23.2 Å². The minimum atomic E-state index is -1.01. The number of anilines is 1. The number of nitrogens with zero attached hydrogens (tertiary/aromatic N) is 1. The van der Waals surface area contributed by atoms with Crippen LogP contribution in [0.1, 0.15) is 28.3 Å². The molecule has 9 heteroatoms. The molecule has 37 heavy (non-hydrogen) atoms. The van der Waals surface area contributed by atoms with Crippen molar-refractivity contribution in [2.45, 2.75) is 19.9 Å². The molecule has 1 heterocycles. The lowest BCUT2D eigenvalue weighted by Gasteiger charge is -2.28. The number of halogens is 2. The zero-order valence-corrected chi connectivity index (χ0v) is 22.4. The Balaban J connectivity index is 2.08. The van der Waals surface area contributed by atoms with Crippen molar-refractivity contribution in [3.8, 4) is 17.2 Å². The molecule has 0 bridgehead atoms. The van der Waals surface area contributed by atoms with Crippen molar-refractivity contribution in [2.75, 3.05) is 26.2 Å². The van der Waals surface area contributed by atoms with Gasteiger partial charge in [-0.25, -0.2) is 0 Å². The Kier molecular flexibility index (Phi) is 7.39. The molecule has 3 aromatic rings. The Morgan fingerprint density at radius 3 is 2.24 bits per heavy atom. The van der Waals surface area contributed by atoms with E-state index in [0.29, 0.717) is 17.0 Å². The number of rotatable bonds is 6. The Bertz CT molecular complexity index is 1450. The Morgan fingerprint density at radius 1 is 0.919 bits per heavy atom. The zero-order chi connectivity index (χ0) is 27.0. The molecule has 0 saturated carbocycles. The normalized spacial score (nSPS) is 16.7. The van der Waals surface area contributed by atoms with E-state index in [1.165, 1.54) is 32.3 Å². The van der Waals surface area contributed by atoms with Gasteiger partial charge in [-0.15, -0.1) is 0 Å². The van der Waals surface area contributed by atoms with Crippen molar-refractivity contribution < 1.29 is 28.9 Å². The number of amides is 1. The molecule has 0 radical (unpaired) electrons. The molecule has 4 rings (SSSR count). The molecule has 0 spiro atoms. The molecule has 1 amide bonds. The van der Waals surface area contributed by atoms with Gasteiger partial charge >= 0.3 is 0 Å². The summed E-state index contributed by atoms with van der Waals surface area (Å²) >= 11 is 12.8. The van der Waals surface area contributed by atoms with Crippen molar-refractivity contribution in [1.29, 1.82) is 0 Å². The lowest BCUT2D eigenvalue weighted by Crippen LogP contribution is -2.30. The fourth-order valence-corrected chi connectivity index (χ4v) is 5.23. The summed E-state index contributed by atoms with van der Waals surface area (Å²) in [4.78, 5) is 28.6. The van der Waals surface area contributed by atoms with Crippen LogP contribution in [0.4, 0.5) is 5.69 Å². The van der Waals surface area contributed by atoms with E-state index in [9.17, 15) is 14.7 Å². The second-order valence-corrected chi connectivity index (χ2v) is 9.27. The van der Waals surface area contributed by atoms with Gasteiger partial charge < -0.3 is 19.3 Å². The van der Waals surface area contributed by atoms with Gasteiger partial charge in [0, 0.05) is 11.3 Å². The van der Waals surface area contributed by atoms with Crippen LogP contribution < -0.4 is 19.1 Å². The second-order valence-electron chi connectivity index (χ2n) is 8.49. The van der Waals surface area contributed by atoms with E-state index >= 15 is 0 Å². The van der Waals surface area contributed by atoms with Crippen LogP contribution in [0.2, 0.25) is 10.0 Å². The average molecular weight is 542 g/mol. The summed E-state index contributed by atoms with van der Waals surface area (Å²) in [7, 11) is 4.25. The molecular formula is C28H25Cl2NO6. The van der Waals surface area contributed by atoms with Crippen LogP contribution in [0.25, 0.3) is 5.76 Å². The minimum Gasteiger partial charge on any atom is -0.507 e. The molecule has 7 nitrogen and oxygen atoms in total. The topological polar surface area (TPSA) is 85.3 Å². The fourth-order valence-electron chi connectivity index (χ4n) is 4.54. The molecule has 1 unspecified atom stereocenters. The number of aliphatic hydroxyl groups excluding tert-OH is 1. The first-order chi connectivity index (χ1) is 17.7. The molecule has 1 aliphatic heterocycles. The van der Waals surface area contributed by atoms with Crippen LogP contribution in [-0.2, 0) is 9.59 Å². The van der Waals surface area contributed by atoms with Gasteiger partial charge in [-0.2, -0.15) is 0 Å². The number of para-hydroxylation sites is 1. The van der Waals surface area contributed by atoms with Crippen molar-refractivity contribution in [3.63, 3.8) is 0 Å². The molecule has 0 aromatic heterocycles. The summed E-state index contributed by atoms with van der Waals surface area (Å²) in [5.74, 6) is -1.54. The van der Waals surface area contributed by atoms with Crippen molar-refractivity contribution >= 4 is 46.3 Å². The van der Waals surface area contributed by atoms with Gasteiger partial charge in [0.2, 0.25) is 0 Å². The van der Waals surface area contributed by atoms with Gasteiger partial charge in [0.15, 0.2) is 11.5 Å². The third-order valence-corrected chi connectivity index (χ3v) is 6.92. The Hall–Kier alpha value is -3.68. The van der Waals surface area contributed by atoms with Gasteiger partial charge in [-0.3, -0.25) is 14.5 Å². The Labute approximate surface area is 224 Å². The molecule has 1 N–H and O–H groups in total. The van der Waals surface area contributed by atoms with Gasteiger partial charge in [0.05, 0.1) is 43.5 Å². The number of aryl methyl sites for hydroxylation is 2. The van der Waals surface area contributed by atoms with Gasteiger partial charge in [0.25, 0.3) is 11.7 Å². The van der Waals surface area contributed by atoms with E-state index in [-0.39, 0.29) is 32.7 Å². The van der Waals surface area contributed by atoms with E-state index in [1.807, 2.05) is 32.0 Å². The molecule has 1 atom stereocenters. The lowest BCUT2D eigenvalue weighted by atomic mass is 9.93. The highest BCUT2D eigenvalue weighted by Crippen LogP contribution is 2.49. The first kappa shape index (κ1) is 26.4. The number of ketones is 1. The van der Waals surface area contributed by atoms with Crippen LogP contribution in [-0.4, -0.2) is 38.1 Å². The van der Waals surface area contributed by atoms with Gasteiger partial charge in [-0.05, 0) is 43.2 Å². The third-order valence-electron chi connectivity index (χ3n) is 6.30. The van der Waals surface area contributed by atoms with Crippen LogP contribution in [0.5, 0.6) is 17.2 Å². The SMILES string of the molecule is COc1ccccc1C1/C(=C(\O)c2cc(Cl)c(OC)c(Cl)c2OC)C(=O)C(=O)N1c1cc(C)ccc1C. The van der Waals surface area contributed by atoms with Gasteiger partial charge in [0.1, 0.15) is 16.5 Å². The van der Waals surface area contributed by atoms with Crippen LogP contribution in [0, 0.1) is 13.8 Å². The molecule has 3 aromatic carbocycles. The molecule has 1 saturated heterocycles. The number of carbonyl (C=O) groups excluding carboxylic acids is 2. The quantitative estimate of drug-likeness (QED) is 0.225. The number of carbonyl (C=O) groups is 2. The number of hydrogen-bond acceptors (Lipinski definition) is 6. The molecule has 192 valence electrons. The standard InChI is InChI=1S/C28H25Cl2NO6/c1-14-10-11-15(2)19(12-14)31-23(16-8-6-7-9-20(16)35-3)21(25(33)28(31)34)24(32)17-13-18(29)27(37-5)22(30)26(17)36-4/h6-13,23,32H,1-5H3/b24-21+. The molecular weight excluding hydrogens is 517 g/mol. The third kappa shape index (κ3) is 4.38. The van der Waals surface area contributed by atoms with E-state index in [4.69, 9.17) is 37.4 Å². The van der Waals surface area contributed by atoms with Crippen LogP contribution in [0.3, 0.4) is 0 Å². The number of hydrogen-bond donors (Lipinski definition) is 1. The number of Topliss-reactive ketones (excluding diaryl/α,β-unsaturated/α-hetero) is 1. The number of aliphatic hydroxyl groups is 1. The lowest BCUT2D eigenvalue weighted by molar-refractivity contribution is -0.132. The number of methoxy groups -OCH3 is 3. The van der Waals surface area contributed by atoms with E-state index in [1.54, 1.807) is 24.3 Å². The first-order valence-electron chi connectivity index (χ1n) is 11.3. The smallest absolute Gasteiger partial charge is 0.300 e. The summed E-state index contributed by atoms with van der Waals surface area (Å²) < 4.78 is 16.3. The first-order valence-corrected chi connectivity index (χ1v) is 12.0. The summed E-state index contributed by atoms with van der Waals surface area (Å²) in [6.45, 7) is 3.74. The zero-order valence-electron chi connectivity index (χ0n) is 20.9. The number of ether oxygens (including phenoxy) is 3. The summed E-state index contributed by atoms with van der Waals surface area (Å²) in [6, 6.07) is 13.0. The molecule has 1 fully saturated rings. The second kappa shape index (κ2) is 10.4. The van der Waals surface area contributed by atoms with Crippen molar-refractivity contribution in [1.82, 2.24) is 0 Å². The fraction of sp³-hybridized carbons (Fsp3) is 0.214. The summed E-state index contributed by atoms with van der Waals surface area (Å²) in [6.07, 6.45) is 0. The molecule has 1 aliphatic rings. The maximum atomic E-state index is 13.6. The van der Waals surface area contributed by atoms with E-state index in [0.717, 1.165) is 11.1 Å². The largest absolute Gasteiger partial charge is 0.507 e. The number of benzene rings is 3. The maximum Gasteiger partial charge on any atom is 0.300 e. The average Bonchev–Trinajstić information content (AvgIpc) is 3.14. The highest BCUT2D eigenvalue weighted by atomic mass is 35.5. The highest BCUT2D eigenvalue weighted by molar-refractivity contribution is 6.52. The van der Waals surface area contributed by atoms with E-state index < -0.39 is 23.5 Å². The highest BCUT2D eigenvalue weighted by Gasteiger charge is 2.48. The molecule has 0 aliphatic carbocycles. The predicted molar refractivity (Wildman–Crippen MR) is 143 cm³/mol. The summed E-state index contributed by atoms with van der Waals surface area (Å²) in [5.41, 5.74) is 2.60. The maximum absolute atomic E-state index is 13.6. The van der Waals surface area contributed by atoms with Gasteiger partial charge in [-0.1, -0.05) is 53.5 Å². The predicted octanol–water partition coefficient (Wildman–Crippen LogP) is 6.26. The summed E-state index contributed by atoms with van der Waals surface area (Å²) in [5, 5.41) is 11.7. The monoisotopic (exact) mass is 541 g/mol. The van der Waals surface area contributed by atoms with Crippen LogP contribution in [0.15, 0.2) is 54.1 Å². The van der Waals surface area contributed by atoms with Crippen molar-refractivity contribution in [3.05, 3.63) is 86.4 Å².